The van der Waals surface area contributed by atoms with Crippen molar-refractivity contribution >= 4 is 17.9 Å². The monoisotopic (exact) mass is 269 g/mol. The van der Waals surface area contributed by atoms with E-state index < -0.39 is 23.9 Å². The van der Waals surface area contributed by atoms with Gasteiger partial charge in [0, 0.05) is 13.0 Å². The Balaban J connectivity index is 4.55. The molecule has 7 nitrogen and oxygen atoms in total. The molecule has 0 radical (unpaired) electrons. The Hall–Kier alpha value is -2.23. The van der Waals surface area contributed by atoms with E-state index in [9.17, 15) is 14.4 Å². The van der Waals surface area contributed by atoms with E-state index in [1.54, 1.807) is 0 Å². The number of carboxylic acid groups (broad SMARTS) is 1. The minimum Gasteiger partial charge on any atom is -0.480 e. The molecule has 0 aromatic rings. The number of nitrogens with two attached hydrogens (primary N) is 1. The molecule has 4 N–H and O–H groups in total. The fourth-order valence-corrected chi connectivity index (χ4v) is 1.42. The van der Waals surface area contributed by atoms with Gasteiger partial charge < -0.3 is 21.1 Å². The highest BCUT2D eigenvalue weighted by Gasteiger charge is 2.22. The summed E-state index contributed by atoms with van der Waals surface area (Å²) in [6.07, 6.45) is 5.68. The molecule has 3 amide bonds. The lowest BCUT2D eigenvalue weighted by atomic mass is 10.1. The Kier molecular flexibility index (Phi) is 7.77. The average Bonchev–Trinajstić information content (AvgIpc) is 2.33. The van der Waals surface area contributed by atoms with E-state index in [-0.39, 0.29) is 19.4 Å². The van der Waals surface area contributed by atoms with Crippen molar-refractivity contribution in [2.75, 3.05) is 13.1 Å². The number of nitrogens with one attached hydrogen (secondary N) is 1. The van der Waals surface area contributed by atoms with E-state index in [2.05, 4.69) is 11.2 Å². The maximum Gasteiger partial charge on any atom is 0.326 e. The second-order valence-electron chi connectivity index (χ2n) is 3.97. The van der Waals surface area contributed by atoms with Crippen molar-refractivity contribution in [3.8, 4) is 12.3 Å². The summed E-state index contributed by atoms with van der Waals surface area (Å²) in [6.45, 7) is 2.40. The fraction of sp³-hybridized carbons (Fsp3) is 0.583. The third-order valence-corrected chi connectivity index (χ3v) is 2.34. The van der Waals surface area contributed by atoms with Crippen LogP contribution in [0.5, 0.6) is 0 Å². The molecular formula is C12H19N3O4. The summed E-state index contributed by atoms with van der Waals surface area (Å²) in [6, 6.07) is -1.71. The summed E-state index contributed by atoms with van der Waals surface area (Å²) in [5.41, 5.74) is 4.95. The van der Waals surface area contributed by atoms with Crippen LogP contribution < -0.4 is 11.1 Å². The van der Waals surface area contributed by atoms with Crippen molar-refractivity contribution < 1.29 is 19.5 Å². The van der Waals surface area contributed by atoms with Gasteiger partial charge in [-0.2, -0.15) is 0 Å². The molecule has 19 heavy (non-hydrogen) atoms. The number of urea groups is 1. The lowest BCUT2D eigenvalue weighted by Gasteiger charge is -2.22. The molecule has 0 aromatic heterocycles. The topological polar surface area (TPSA) is 113 Å². The average molecular weight is 269 g/mol. The molecule has 0 unspecified atom stereocenters. The number of carbonyl (C=O) groups is 3. The standard InChI is InChI=1S/C12H19N3O4/c1-3-7-15(8-4-2)12(19)14-9(11(17)18)5-6-10(13)16/h1,9H,4-8H2,2H3,(H2,13,16)(H,14,19)(H,17,18)/t9-/m1/s1. The SMILES string of the molecule is C#CCN(CCC)C(=O)N[C@H](CCC(N)=O)C(=O)O. The molecule has 0 saturated heterocycles. The predicted octanol–water partition coefficient (Wildman–Crippen LogP) is -0.240. The molecule has 1 atom stereocenters. The van der Waals surface area contributed by atoms with Gasteiger partial charge in [0.05, 0.1) is 6.54 Å². The Labute approximate surface area is 112 Å². The molecule has 0 fully saturated rings. The van der Waals surface area contributed by atoms with E-state index in [0.717, 1.165) is 0 Å². The van der Waals surface area contributed by atoms with E-state index in [1.807, 2.05) is 6.92 Å². The Morgan fingerprint density at radius 3 is 2.53 bits per heavy atom. The number of nitrogens with zero attached hydrogens (tertiary/aromatic N) is 1. The van der Waals surface area contributed by atoms with Gasteiger partial charge in [-0.3, -0.25) is 4.79 Å². The van der Waals surface area contributed by atoms with Crippen LogP contribution in [-0.4, -0.2) is 47.0 Å². The second-order valence-corrected chi connectivity index (χ2v) is 3.97. The van der Waals surface area contributed by atoms with Crippen molar-refractivity contribution in [2.24, 2.45) is 5.73 Å². The van der Waals surface area contributed by atoms with Gasteiger partial charge in [-0.15, -0.1) is 6.42 Å². The van der Waals surface area contributed by atoms with Gasteiger partial charge in [0.1, 0.15) is 6.04 Å². The van der Waals surface area contributed by atoms with Gasteiger partial charge in [0.25, 0.3) is 0 Å². The first-order valence-corrected chi connectivity index (χ1v) is 5.92. The third-order valence-electron chi connectivity index (χ3n) is 2.34. The third kappa shape index (κ3) is 6.93. The normalized spacial score (nSPS) is 11.2. The van der Waals surface area contributed by atoms with Crippen LogP contribution in [0.2, 0.25) is 0 Å². The summed E-state index contributed by atoms with van der Waals surface area (Å²) in [5, 5.41) is 11.3. The zero-order valence-electron chi connectivity index (χ0n) is 10.9. The van der Waals surface area contributed by atoms with Gasteiger partial charge in [-0.1, -0.05) is 12.8 Å². The molecule has 0 heterocycles. The molecule has 0 rings (SSSR count). The van der Waals surface area contributed by atoms with Crippen LogP contribution in [0.25, 0.3) is 0 Å². The number of hydrogen-bond donors (Lipinski definition) is 3. The first kappa shape index (κ1) is 16.8. The number of carbonyl (C=O) groups excluding carboxylic acids is 2. The van der Waals surface area contributed by atoms with Crippen LogP contribution in [-0.2, 0) is 9.59 Å². The quantitative estimate of drug-likeness (QED) is 0.528. The molecule has 106 valence electrons. The lowest BCUT2D eigenvalue weighted by Crippen LogP contribution is -2.48. The molecular weight excluding hydrogens is 250 g/mol. The van der Waals surface area contributed by atoms with Crippen molar-refractivity contribution in [3.63, 3.8) is 0 Å². The van der Waals surface area contributed by atoms with E-state index in [4.69, 9.17) is 17.3 Å². The zero-order chi connectivity index (χ0) is 14.8. The fourth-order valence-electron chi connectivity index (χ4n) is 1.42. The highest BCUT2D eigenvalue weighted by Crippen LogP contribution is 2.00. The van der Waals surface area contributed by atoms with Gasteiger partial charge >= 0.3 is 12.0 Å². The molecule has 0 spiro atoms. The number of primary amides is 1. The van der Waals surface area contributed by atoms with Gasteiger partial charge in [-0.05, 0) is 12.8 Å². The van der Waals surface area contributed by atoms with Crippen LogP contribution in [0.3, 0.4) is 0 Å². The Morgan fingerprint density at radius 2 is 2.11 bits per heavy atom. The second kappa shape index (κ2) is 8.80. The lowest BCUT2D eigenvalue weighted by molar-refractivity contribution is -0.139. The van der Waals surface area contributed by atoms with Crippen molar-refractivity contribution in [1.29, 1.82) is 0 Å². The molecule has 0 bridgehead atoms. The Bertz CT molecular complexity index is 376. The van der Waals surface area contributed by atoms with Crippen molar-refractivity contribution in [2.45, 2.75) is 32.2 Å². The maximum absolute atomic E-state index is 11.8. The number of hydrogen-bond acceptors (Lipinski definition) is 3. The highest BCUT2D eigenvalue weighted by atomic mass is 16.4. The predicted molar refractivity (Wildman–Crippen MR) is 69.1 cm³/mol. The Morgan fingerprint density at radius 1 is 1.47 bits per heavy atom. The summed E-state index contributed by atoms with van der Waals surface area (Å²) in [7, 11) is 0. The zero-order valence-corrected chi connectivity index (χ0v) is 10.9. The maximum atomic E-state index is 11.8. The van der Waals surface area contributed by atoms with Gasteiger partial charge in [0.2, 0.25) is 5.91 Å². The van der Waals surface area contributed by atoms with E-state index in [1.165, 1.54) is 4.90 Å². The molecule has 0 aliphatic heterocycles. The first-order valence-electron chi connectivity index (χ1n) is 5.92. The van der Waals surface area contributed by atoms with Crippen LogP contribution in [0, 0.1) is 12.3 Å². The van der Waals surface area contributed by atoms with Crippen molar-refractivity contribution in [1.82, 2.24) is 10.2 Å². The first-order chi connectivity index (χ1) is 8.92. The summed E-state index contributed by atoms with van der Waals surface area (Å²) < 4.78 is 0. The molecule has 7 heteroatoms. The van der Waals surface area contributed by atoms with Crippen LogP contribution in [0.15, 0.2) is 0 Å². The highest BCUT2D eigenvalue weighted by molar-refractivity contribution is 5.83. The minimum atomic E-state index is -1.22. The molecule has 0 aliphatic carbocycles. The van der Waals surface area contributed by atoms with E-state index in [0.29, 0.717) is 13.0 Å². The number of terminal acetylenes is 1. The summed E-state index contributed by atoms with van der Waals surface area (Å²) in [5.74, 6) is 0.498. The van der Waals surface area contributed by atoms with Gasteiger partial charge in [0.15, 0.2) is 0 Å². The number of carboxylic acids is 1. The largest absolute Gasteiger partial charge is 0.480 e. The summed E-state index contributed by atoms with van der Waals surface area (Å²) >= 11 is 0. The molecule has 0 aromatic carbocycles. The smallest absolute Gasteiger partial charge is 0.326 e. The van der Waals surface area contributed by atoms with Crippen molar-refractivity contribution in [3.05, 3.63) is 0 Å². The van der Waals surface area contributed by atoms with Gasteiger partial charge in [-0.25, -0.2) is 9.59 Å². The summed E-state index contributed by atoms with van der Waals surface area (Å²) in [4.78, 5) is 34.7. The number of rotatable bonds is 8. The van der Waals surface area contributed by atoms with Crippen LogP contribution in [0.4, 0.5) is 4.79 Å². The molecule has 0 saturated carbocycles. The van der Waals surface area contributed by atoms with E-state index >= 15 is 0 Å². The number of amides is 3. The van der Waals surface area contributed by atoms with Crippen LogP contribution in [0.1, 0.15) is 26.2 Å². The van der Waals surface area contributed by atoms with Crippen LogP contribution >= 0.6 is 0 Å². The minimum absolute atomic E-state index is 0.0492. The number of aliphatic carboxylic acids is 1. The molecule has 0 aliphatic rings.